The third-order valence-corrected chi connectivity index (χ3v) is 4.34. The SMILES string of the molecule is Oc1ccc(O)c2c1CC(CBr)=C(CBr)C2. The van der Waals surface area contributed by atoms with Gasteiger partial charge in [-0.3, -0.25) is 0 Å². The molecule has 0 spiro atoms. The summed E-state index contributed by atoms with van der Waals surface area (Å²) in [5.41, 5.74) is 4.29. The number of fused-ring (bicyclic) bond motifs is 1. The molecule has 0 saturated carbocycles. The molecule has 0 saturated heterocycles. The predicted octanol–water partition coefficient (Wildman–Crippen LogP) is 3.28. The molecule has 1 aromatic rings. The number of halogens is 2. The first kappa shape index (κ1) is 12.0. The monoisotopic (exact) mass is 346 g/mol. The molecule has 0 radical (unpaired) electrons. The van der Waals surface area contributed by atoms with Crippen LogP contribution < -0.4 is 0 Å². The van der Waals surface area contributed by atoms with Gasteiger partial charge in [-0.1, -0.05) is 43.0 Å². The van der Waals surface area contributed by atoms with E-state index in [1.165, 1.54) is 11.1 Å². The highest BCUT2D eigenvalue weighted by molar-refractivity contribution is 9.09. The number of alkyl halides is 2. The van der Waals surface area contributed by atoms with Gasteiger partial charge < -0.3 is 10.2 Å². The lowest BCUT2D eigenvalue weighted by Crippen LogP contribution is -2.11. The second-order valence-electron chi connectivity index (χ2n) is 3.89. The maximum Gasteiger partial charge on any atom is 0.119 e. The van der Waals surface area contributed by atoms with Crippen LogP contribution in [0.3, 0.4) is 0 Å². The maximum atomic E-state index is 9.79. The first-order chi connectivity index (χ1) is 7.67. The summed E-state index contributed by atoms with van der Waals surface area (Å²) in [7, 11) is 0. The van der Waals surface area contributed by atoms with Crippen LogP contribution in [0.4, 0.5) is 0 Å². The van der Waals surface area contributed by atoms with Gasteiger partial charge in [0.1, 0.15) is 11.5 Å². The minimum absolute atomic E-state index is 0.278. The summed E-state index contributed by atoms with van der Waals surface area (Å²) in [5, 5.41) is 21.2. The van der Waals surface area contributed by atoms with E-state index in [-0.39, 0.29) is 11.5 Å². The minimum atomic E-state index is 0.278. The van der Waals surface area contributed by atoms with Crippen molar-refractivity contribution in [1.29, 1.82) is 0 Å². The molecule has 1 aliphatic carbocycles. The van der Waals surface area contributed by atoms with E-state index in [0.29, 0.717) is 12.8 Å². The van der Waals surface area contributed by atoms with E-state index in [9.17, 15) is 10.2 Å². The summed E-state index contributed by atoms with van der Waals surface area (Å²) in [6.07, 6.45) is 1.42. The average Bonchev–Trinajstić information content (AvgIpc) is 2.32. The Morgan fingerprint density at radius 1 is 0.875 bits per heavy atom. The molecule has 0 unspecified atom stereocenters. The molecule has 0 bridgehead atoms. The molecule has 2 N–H and O–H groups in total. The number of phenolic OH excluding ortho intramolecular Hbond substituents is 2. The van der Waals surface area contributed by atoms with Crippen molar-refractivity contribution in [3.8, 4) is 11.5 Å². The Labute approximate surface area is 111 Å². The van der Waals surface area contributed by atoms with Crippen LogP contribution in [0.1, 0.15) is 11.1 Å². The Morgan fingerprint density at radius 3 is 1.56 bits per heavy atom. The maximum absolute atomic E-state index is 9.79. The van der Waals surface area contributed by atoms with E-state index < -0.39 is 0 Å². The molecular formula is C12H12Br2O2. The fraction of sp³-hybridized carbons (Fsp3) is 0.333. The number of phenols is 2. The van der Waals surface area contributed by atoms with Gasteiger partial charge in [-0.25, -0.2) is 0 Å². The van der Waals surface area contributed by atoms with E-state index >= 15 is 0 Å². The normalized spacial score (nSPS) is 15.1. The number of hydrogen-bond acceptors (Lipinski definition) is 2. The molecule has 1 aromatic carbocycles. The van der Waals surface area contributed by atoms with E-state index in [1.807, 2.05) is 0 Å². The van der Waals surface area contributed by atoms with Gasteiger partial charge in [-0.15, -0.1) is 0 Å². The third-order valence-electron chi connectivity index (χ3n) is 2.98. The summed E-state index contributed by atoms with van der Waals surface area (Å²) in [6.45, 7) is 0. The molecule has 2 nitrogen and oxygen atoms in total. The highest BCUT2D eigenvalue weighted by Gasteiger charge is 2.21. The second-order valence-corrected chi connectivity index (χ2v) is 5.01. The van der Waals surface area contributed by atoms with Gasteiger partial charge in [0, 0.05) is 21.8 Å². The van der Waals surface area contributed by atoms with Crippen LogP contribution in [0.25, 0.3) is 0 Å². The highest BCUT2D eigenvalue weighted by Crippen LogP contribution is 2.37. The van der Waals surface area contributed by atoms with E-state index in [4.69, 9.17) is 0 Å². The fourth-order valence-electron chi connectivity index (χ4n) is 2.02. The van der Waals surface area contributed by atoms with Gasteiger partial charge in [0.15, 0.2) is 0 Å². The molecular weight excluding hydrogens is 336 g/mol. The molecule has 86 valence electrons. The molecule has 1 aliphatic rings. The molecule has 0 atom stereocenters. The van der Waals surface area contributed by atoms with Crippen molar-refractivity contribution in [2.45, 2.75) is 12.8 Å². The molecule has 0 aliphatic heterocycles. The lowest BCUT2D eigenvalue weighted by Gasteiger charge is -2.22. The molecule has 0 amide bonds. The van der Waals surface area contributed by atoms with Crippen molar-refractivity contribution in [3.63, 3.8) is 0 Å². The average molecular weight is 348 g/mol. The first-order valence-electron chi connectivity index (χ1n) is 5.01. The molecule has 0 aromatic heterocycles. The molecule has 0 heterocycles. The highest BCUT2D eigenvalue weighted by atomic mass is 79.9. The Bertz CT molecular complexity index is 412. The van der Waals surface area contributed by atoms with E-state index in [0.717, 1.165) is 21.8 Å². The number of benzene rings is 1. The Kier molecular flexibility index (Phi) is 3.60. The summed E-state index contributed by atoms with van der Waals surface area (Å²) in [5.74, 6) is 0.555. The first-order valence-corrected chi connectivity index (χ1v) is 7.26. The van der Waals surface area contributed by atoms with Crippen molar-refractivity contribution in [2.75, 3.05) is 10.7 Å². The van der Waals surface area contributed by atoms with Crippen molar-refractivity contribution in [3.05, 3.63) is 34.4 Å². The van der Waals surface area contributed by atoms with Crippen LogP contribution in [0, 0.1) is 0 Å². The summed E-state index contributed by atoms with van der Waals surface area (Å²) in [4.78, 5) is 0. The van der Waals surface area contributed by atoms with E-state index in [1.54, 1.807) is 12.1 Å². The number of rotatable bonds is 2. The number of aromatic hydroxyl groups is 2. The summed E-state index contributed by atoms with van der Waals surface area (Å²) < 4.78 is 0. The van der Waals surface area contributed by atoms with Gasteiger partial charge in [-0.05, 0) is 25.0 Å². The molecule has 4 heteroatoms. The predicted molar refractivity (Wildman–Crippen MR) is 71.8 cm³/mol. The summed E-state index contributed by atoms with van der Waals surface area (Å²) >= 11 is 6.93. The third kappa shape index (κ3) is 2.00. The van der Waals surface area contributed by atoms with Gasteiger partial charge in [0.05, 0.1) is 0 Å². The fourth-order valence-corrected chi connectivity index (χ4v) is 3.21. The zero-order chi connectivity index (χ0) is 11.7. The Hall–Kier alpha value is -0.480. The Balaban J connectivity index is 2.49. The second kappa shape index (κ2) is 4.80. The topological polar surface area (TPSA) is 40.5 Å². The molecule has 2 rings (SSSR count). The quantitative estimate of drug-likeness (QED) is 0.489. The van der Waals surface area contributed by atoms with Crippen LogP contribution in [-0.4, -0.2) is 20.9 Å². The Morgan fingerprint density at radius 2 is 1.25 bits per heavy atom. The van der Waals surface area contributed by atoms with Crippen LogP contribution >= 0.6 is 31.9 Å². The number of hydrogen-bond donors (Lipinski definition) is 2. The molecule has 16 heavy (non-hydrogen) atoms. The van der Waals surface area contributed by atoms with Crippen LogP contribution in [0.2, 0.25) is 0 Å². The van der Waals surface area contributed by atoms with Gasteiger partial charge in [0.25, 0.3) is 0 Å². The van der Waals surface area contributed by atoms with E-state index in [2.05, 4.69) is 31.9 Å². The lowest BCUT2D eigenvalue weighted by molar-refractivity contribution is 0.448. The standard InChI is InChI=1S/C12H12Br2O2/c13-5-7-3-9-10(4-8(7)6-14)12(16)2-1-11(9)15/h1-2,15-16H,3-6H2. The smallest absolute Gasteiger partial charge is 0.119 e. The van der Waals surface area contributed by atoms with Crippen LogP contribution in [0.5, 0.6) is 11.5 Å². The van der Waals surface area contributed by atoms with Gasteiger partial charge in [-0.2, -0.15) is 0 Å². The van der Waals surface area contributed by atoms with Crippen molar-refractivity contribution in [2.24, 2.45) is 0 Å². The van der Waals surface area contributed by atoms with Crippen molar-refractivity contribution < 1.29 is 10.2 Å². The van der Waals surface area contributed by atoms with Gasteiger partial charge in [0.2, 0.25) is 0 Å². The van der Waals surface area contributed by atoms with Crippen molar-refractivity contribution in [1.82, 2.24) is 0 Å². The zero-order valence-corrected chi connectivity index (χ0v) is 11.8. The van der Waals surface area contributed by atoms with Crippen LogP contribution in [0.15, 0.2) is 23.3 Å². The zero-order valence-electron chi connectivity index (χ0n) is 8.63. The van der Waals surface area contributed by atoms with Crippen molar-refractivity contribution >= 4 is 31.9 Å². The summed E-state index contributed by atoms with van der Waals surface area (Å²) in [6, 6.07) is 3.11. The van der Waals surface area contributed by atoms with Gasteiger partial charge >= 0.3 is 0 Å². The minimum Gasteiger partial charge on any atom is -0.508 e. The largest absolute Gasteiger partial charge is 0.508 e. The molecule has 0 fully saturated rings. The lowest BCUT2D eigenvalue weighted by atomic mass is 9.86. The van der Waals surface area contributed by atoms with Crippen LogP contribution in [-0.2, 0) is 12.8 Å². The number of allylic oxidation sites excluding steroid dienone is 2.